The molecule has 1 aliphatic rings. The van der Waals surface area contributed by atoms with Crippen molar-refractivity contribution in [3.05, 3.63) is 24.4 Å². The van der Waals surface area contributed by atoms with Crippen LogP contribution in [0.25, 0.3) is 0 Å². The Morgan fingerprint density at radius 2 is 2.04 bits per heavy atom. The van der Waals surface area contributed by atoms with Crippen LogP contribution in [0.3, 0.4) is 0 Å². The fraction of sp³-hybridized carbons (Fsp3) is 0.286. The van der Waals surface area contributed by atoms with Gasteiger partial charge >= 0.3 is 6.03 Å². The first-order valence-corrected chi connectivity index (χ1v) is 7.09. The Morgan fingerprint density at radius 3 is 2.83 bits per heavy atom. The van der Waals surface area contributed by atoms with Crippen molar-refractivity contribution in [1.29, 1.82) is 0 Å². The van der Waals surface area contributed by atoms with Crippen molar-refractivity contribution in [1.82, 2.24) is 19.9 Å². The summed E-state index contributed by atoms with van der Waals surface area (Å²) in [5.74, 6) is 1.18. The molecular weight excluding hydrogens is 316 g/mol. The molecule has 0 fully saturated rings. The Labute approximate surface area is 137 Å². The van der Waals surface area contributed by atoms with Crippen LogP contribution in [0.1, 0.15) is 0 Å². The number of hydrogen-bond donors (Lipinski definition) is 2. The second-order valence-corrected chi connectivity index (χ2v) is 5.20. The maximum Gasteiger partial charge on any atom is 0.322 e. The van der Waals surface area contributed by atoms with Gasteiger partial charge in [0, 0.05) is 25.8 Å². The van der Waals surface area contributed by atoms with E-state index in [0.717, 1.165) is 0 Å². The van der Waals surface area contributed by atoms with Gasteiger partial charge in [-0.1, -0.05) is 0 Å². The highest BCUT2D eigenvalue weighted by molar-refractivity contribution is 5.91. The van der Waals surface area contributed by atoms with Crippen molar-refractivity contribution < 1.29 is 19.1 Å². The van der Waals surface area contributed by atoms with Crippen molar-refractivity contribution in [3.8, 4) is 11.5 Å². The predicted molar refractivity (Wildman–Crippen MR) is 83.9 cm³/mol. The van der Waals surface area contributed by atoms with E-state index in [1.54, 1.807) is 32.3 Å². The van der Waals surface area contributed by atoms with Gasteiger partial charge in [-0.05, 0) is 12.1 Å². The van der Waals surface area contributed by atoms with Crippen molar-refractivity contribution in [2.75, 3.05) is 31.5 Å². The highest BCUT2D eigenvalue weighted by atomic mass is 16.7. The van der Waals surface area contributed by atoms with E-state index < -0.39 is 0 Å². The molecule has 0 atom stereocenters. The molecule has 2 N–H and O–H groups in total. The van der Waals surface area contributed by atoms with E-state index in [0.29, 0.717) is 17.2 Å². The van der Waals surface area contributed by atoms with Gasteiger partial charge in [-0.25, -0.2) is 4.79 Å². The summed E-state index contributed by atoms with van der Waals surface area (Å²) in [4.78, 5) is 26.1. The summed E-state index contributed by atoms with van der Waals surface area (Å²) in [5.41, 5.74) is 0.581. The molecule has 3 rings (SSSR count). The van der Waals surface area contributed by atoms with Gasteiger partial charge in [0.1, 0.15) is 6.54 Å². The van der Waals surface area contributed by atoms with Crippen molar-refractivity contribution >= 4 is 23.4 Å². The van der Waals surface area contributed by atoms with Crippen molar-refractivity contribution in [2.45, 2.75) is 6.54 Å². The van der Waals surface area contributed by atoms with Gasteiger partial charge in [-0.2, -0.15) is 9.90 Å². The number of benzene rings is 1. The molecule has 2 aromatic rings. The summed E-state index contributed by atoms with van der Waals surface area (Å²) in [6.07, 6.45) is 1.37. The number of carbonyl (C=O) groups excluding carboxylic acids is 2. The molecule has 2 heterocycles. The Balaban J connectivity index is 1.57. The van der Waals surface area contributed by atoms with Gasteiger partial charge in [0.05, 0.1) is 6.20 Å². The Hall–Kier alpha value is -3.30. The number of aromatic nitrogens is 3. The van der Waals surface area contributed by atoms with Gasteiger partial charge in [0.15, 0.2) is 17.3 Å². The topological polar surface area (TPSA) is 111 Å². The normalized spacial score (nSPS) is 11.9. The quantitative estimate of drug-likeness (QED) is 0.854. The molecule has 0 radical (unpaired) electrons. The molecule has 126 valence electrons. The number of nitrogens with one attached hydrogen (secondary N) is 2. The van der Waals surface area contributed by atoms with E-state index in [9.17, 15) is 9.59 Å². The van der Waals surface area contributed by atoms with E-state index in [1.807, 2.05) is 0 Å². The number of carbonyl (C=O) groups is 2. The van der Waals surface area contributed by atoms with Crippen LogP contribution in [0.15, 0.2) is 24.4 Å². The average Bonchev–Trinajstić information content (AvgIpc) is 3.15. The lowest BCUT2D eigenvalue weighted by atomic mass is 10.3. The van der Waals surface area contributed by atoms with Crippen LogP contribution < -0.4 is 20.1 Å². The maximum atomic E-state index is 12.0. The first kappa shape index (κ1) is 15.6. The van der Waals surface area contributed by atoms with E-state index in [4.69, 9.17) is 9.47 Å². The van der Waals surface area contributed by atoms with Crippen LogP contribution in [-0.2, 0) is 11.3 Å². The molecule has 0 unspecified atom stereocenters. The third kappa shape index (κ3) is 3.54. The Kier molecular flexibility index (Phi) is 4.18. The molecule has 0 bridgehead atoms. The second kappa shape index (κ2) is 6.44. The van der Waals surface area contributed by atoms with Crippen molar-refractivity contribution in [3.63, 3.8) is 0 Å². The molecule has 0 saturated carbocycles. The molecule has 24 heavy (non-hydrogen) atoms. The minimum Gasteiger partial charge on any atom is -0.454 e. The average molecular weight is 332 g/mol. The number of hydrogen-bond acceptors (Lipinski definition) is 6. The number of anilines is 2. The smallest absolute Gasteiger partial charge is 0.322 e. The summed E-state index contributed by atoms with van der Waals surface area (Å²) in [7, 11) is 3.22. The highest BCUT2D eigenvalue weighted by Gasteiger charge is 2.15. The first-order valence-electron chi connectivity index (χ1n) is 7.09. The fourth-order valence-electron chi connectivity index (χ4n) is 1.96. The first-order chi connectivity index (χ1) is 11.5. The molecule has 10 nitrogen and oxygen atoms in total. The van der Waals surface area contributed by atoms with Gasteiger partial charge < -0.3 is 19.7 Å². The fourth-order valence-corrected chi connectivity index (χ4v) is 1.96. The maximum absolute atomic E-state index is 12.0. The SMILES string of the molecule is CN(C)C(=O)Nc1cnn(CC(=O)Nc2ccc3c(c2)OCO3)n1. The van der Waals surface area contributed by atoms with E-state index in [-0.39, 0.29) is 31.1 Å². The zero-order chi connectivity index (χ0) is 17.1. The lowest BCUT2D eigenvalue weighted by Gasteiger charge is -2.09. The molecule has 3 amide bonds. The number of fused-ring (bicyclic) bond motifs is 1. The summed E-state index contributed by atoms with van der Waals surface area (Å²) >= 11 is 0. The standard InChI is InChI=1S/C14H16N6O4/c1-19(2)14(22)17-12-6-15-20(18-12)7-13(21)16-9-3-4-10-11(5-9)24-8-23-10/h3-6H,7-8H2,1-2H3,(H,16,21)(H,17,18,22). The van der Waals surface area contributed by atoms with Gasteiger partial charge in [-0.15, -0.1) is 5.10 Å². The number of ether oxygens (including phenoxy) is 2. The predicted octanol–water partition coefficient (Wildman–Crippen LogP) is 0.739. The number of urea groups is 1. The van der Waals surface area contributed by atoms with Crippen LogP contribution in [0.5, 0.6) is 11.5 Å². The molecular formula is C14H16N6O4. The van der Waals surface area contributed by atoms with E-state index >= 15 is 0 Å². The third-order valence-electron chi connectivity index (χ3n) is 3.12. The van der Waals surface area contributed by atoms with Crippen LogP contribution >= 0.6 is 0 Å². The Bertz CT molecular complexity index is 772. The summed E-state index contributed by atoms with van der Waals surface area (Å²) in [6.45, 7) is 0.0810. The summed E-state index contributed by atoms with van der Waals surface area (Å²) < 4.78 is 10.5. The van der Waals surface area contributed by atoms with Crippen molar-refractivity contribution in [2.24, 2.45) is 0 Å². The molecule has 0 spiro atoms. The van der Waals surface area contributed by atoms with Crippen LogP contribution in [-0.4, -0.2) is 52.7 Å². The largest absolute Gasteiger partial charge is 0.454 e. The number of nitrogens with zero attached hydrogens (tertiary/aromatic N) is 4. The van der Waals surface area contributed by atoms with Gasteiger partial charge in [0.2, 0.25) is 12.7 Å². The van der Waals surface area contributed by atoms with Crippen LogP contribution in [0.4, 0.5) is 16.3 Å². The second-order valence-electron chi connectivity index (χ2n) is 5.20. The molecule has 1 aromatic heterocycles. The Morgan fingerprint density at radius 1 is 1.25 bits per heavy atom. The van der Waals surface area contributed by atoms with Crippen LogP contribution in [0.2, 0.25) is 0 Å². The molecule has 1 aromatic carbocycles. The van der Waals surface area contributed by atoms with Gasteiger partial charge in [0.25, 0.3) is 0 Å². The molecule has 10 heteroatoms. The summed E-state index contributed by atoms with van der Waals surface area (Å²) in [5, 5.41) is 13.2. The molecule has 0 aliphatic carbocycles. The van der Waals surface area contributed by atoms with Crippen LogP contribution in [0, 0.1) is 0 Å². The monoisotopic (exact) mass is 332 g/mol. The third-order valence-corrected chi connectivity index (χ3v) is 3.12. The molecule has 0 saturated heterocycles. The van der Waals surface area contributed by atoms with Gasteiger partial charge in [-0.3, -0.25) is 10.1 Å². The summed E-state index contributed by atoms with van der Waals surface area (Å²) in [6, 6.07) is 4.79. The molecule has 1 aliphatic heterocycles. The number of rotatable bonds is 4. The van der Waals surface area contributed by atoms with E-state index in [2.05, 4.69) is 20.8 Å². The lowest BCUT2D eigenvalue weighted by molar-refractivity contribution is -0.117. The minimum absolute atomic E-state index is 0.0910. The lowest BCUT2D eigenvalue weighted by Crippen LogP contribution is -2.27. The highest BCUT2D eigenvalue weighted by Crippen LogP contribution is 2.34. The van der Waals surface area contributed by atoms with E-state index in [1.165, 1.54) is 15.9 Å². The minimum atomic E-state index is -0.327. The number of amides is 3. The zero-order valence-corrected chi connectivity index (χ0v) is 13.1. The zero-order valence-electron chi connectivity index (χ0n) is 13.1.